The van der Waals surface area contributed by atoms with Gasteiger partial charge in [-0.25, -0.2) is 0 Å². The molecule has 0 aliphatic carbocycles. The van der Waals surface area contributed by atoms with Crippen LogP contribution in [-0.4, -0.2) is 4.98 Å². The van der Waals surface area contributed by atoms with Gasteiger partial charge in [0.1, 0.15) is 5.76 Å². The minimum atomic E-state index is 0.273. The zero-order chi connectivity index (χ0) is 9.26. The van der Waals surface area contributed by atoms with Crippen LogP contribution in [0.4, 0.5) is 0 Å². The second-order valence-corrected chi connectivity index (χ2v) is 3.34. The molecule has 3 nitrogen and oxygen atoms in total. The number of nitriles is 1. The van der Waals surface area contributed by atoms with Gasteiger partial charge in [-0.1, -0.05) is 0 Å². The molecule has 0 unspecified atom stereocenters. The Hall–Kier alpha value is -1.34. The van der Waals surface area contributed by atoms with Gasteiger partial charge in [-0.2, -0.15) is 5.26 Å². The number of nitrogens with zero attached hydrogens (tertiary/aromatic N) is 2. The monoisotopic (exact) mass is 236 g/mol. The number of fused-ring (bicyclic) bond motifs is 1. The molecule has 0 radical (unpaired) electrons. The molecule has 0 N–H and O–H groups in total. The molecule has 0 saturated carbocycles. The lowest BCUT2D eigenvalue weighted by molar-refractivity contribution is 0.563. The van der Waals surface area contributed by atoms with Crippen molar-refractivity contribution in [3.05, 3.63) is 28.7 Å². The SMILES string of the molecule is N#CCc1oc2cnccc2c1Br. The molecule has 2 aromatic heterocycles. The van der Waals surface area contributed by atoms with Crippen LogP contribution in [-0.2, 0) is 6.42 Å². The van der Waals surface area contributed by atoms with Crippen LogP contribution < -0.4 is 0 Å². The maximum absolute atomic E-state index is 8.52. The first-order valence-corrected chi connectivity index (χ1v) is 4.50. The maximum atomic E-state index is 8.52. The van der Waals surface area contributed by atoms with Crippen LogP contribution in [0.1, 0.15) is 5.76 Å². The minimum absolute atomic E-state index is 0.273. The molecule has 0 fully saturated rings. The number of hydrogen-bond acceptors (Lipinski definition) is 3. The van der Waals surface area contributed by atoms with Gasteiger partial charge in [0.2, 0.25) is 0 Å². The van der Waals surface area contributed by atoms with E-state index in [9.17, 15) is 0 Å². The van der Waals surface area contributed by atoms with Gasteiger partial charge in [-0.3, -0.25) is 4.98 Å². The third-order valence-corrected chi connectivity index (χ3v) is 2.61. The average molecular weight is 237 g/mol. The van der Waals surface area contributed by atoms with Gasteiger partial charge in [0.25, 0.3) is 0 Å². The Kier molecular flexibility index (Phi) is 2.03. The predicted octanol–water partition coefficient (Wildman–Crippen LogP) is 2.66. The molecule has 2 aromatic rings. The Labute approximate surface area is 83.1 Å². The van der Waals surface area contributed by atoms with Crippen molar-refractivity contribution in [2.75, 3.05) is 0 Å². The van der Waals surface area contributed by atoms with Gasteiger partial charge in [0, 0.05) is 11.6 Å². The minimum Gasteiger partial charge on any atom is -0.457 e. The van der Waals surface area contributed by atoms with Crippen LogP contribution in [0.5, 0.6) is 0 Å². The summed E-state index contributed by atoms with van der Waals surface area (Å²) < 4.78 is 6.26. The van der Waals surface area contributed by atoms with Crippen molar-refractivity contribution < 1.29 is 4.42 Å². The van der Waals surface area contributed by atoms with Gasteiger partial charge in [0.05, 0.1) is 23.2 Å². The normalized spacial score (nSPS) is 10.2. The topological polar surface area (TPSA) is 49.8 Å². The first-order chi connectivity index (χ1) is 6.33. The van der Waals surface area contributed by atoms with E-state index in [-0.39, 0.29) is 6.42 Å². The Morgan fingerprint density at radius 3 is 3.15 bits per heavy atom. The summed E-state index contributed by atoms with van der Waals surface area (Å²) in [6.07, 6.45) is 3.61. The lowest BCUT2D eigenvalue weighted by Crippen LogP contribution is -1.75. The molecule has 13 heavy (non-hydrogen) atoms. The van der Waals surface area contributed by atoms with E-state index in [0.717, 1.165) is 9.86 Å². The van der Waals surface area contributed by atoms with Crippen molar-refractivity contribution in [1.82, 2.24) is 4.98 Å². The van der Waals surface area contributed by atoms with Crippen molar-refractivity contribution >= 4 is 26.9 Å². The Bertz CT molecular complexity index is 484. The van der Waals surface area contributed by atoms with E-state index in [2.05, 4.69) is 20.9 Å². The molecular formula is C9H5BrN2O. The fourth-order valence-corrected chi connectivity index (χ4v) is 1.70. The van der Waals surface area contributed by atoms with Gasteiger partial charge in [-0.15, -0.1) is 0 Å². The van der Waals surface area contributed by atoms with Crippen molar-refractivity contribution in [3.8, 4) is 6.07 Å². The van der Waals surface area contributed by atoms with Gasteiger partial charge >= 0.3 is 0 Å². The fraction of sp³-hybridized carbons (Fsp3) is 0.111. The summed E-state index contributed by atoms with van der Waals surface area (Å²) in [5.41, 5.74) is 0.708. The summed E-state index contributed by atoms with van der Waals surface area (Å²) in [4.78, 5) is 3.93. The maximum Gasteiger partial charge on any atom is 0.153 e. The number of rotatable bonds is 1. The molecule has 64 valence electrons. The van der Waals surface area contributed by atoms with Crippen molar-refractivity contribution in [2.24, 2.45) is 0 Å². The molecule has 0 amide bonds. The highest BCUT2D eigenvalue weighted by Gasteiger charge is 2.10. The number of pyridine rings is 1. The van der Waals surface area contributed by atoms with Crippen molar-refractivity contribution in [2.45, 2.75) is 6.42 Å². The highest BCUT2D eigenvalue weighted by molar-refractivity contribution is 9.10. The quantitative estimate of drug-likeness (QED) is 0.765. The number of furan rings is 1. The first-order valence-electron chi connectivity index (χ1n) is 3.71. The molecular weight excluding hydrogens is 232 g/mol. The highest BCUT2D eigenvalue weighted by atomic mass is 79.9. The average Bonchev–Trinajstić information content (AvgIpc) is 2.46. The molecule has 0 aliphatic heterocycles. The summed E-state index contributed by atoms with van der Waals surface area (Å²) in [5, 5.41) is 9.48. The predicted molar refractivity (Wildman–Crippen MR) is 51.0 cm³/mol. The standard InChI is InChI=1S/C9H5BrN2O/c10-9-6-2-4-12-5-8(6)13-7(9)1-3-11/h2,4-5H,1H2. The second kappa shape index (κ2) is 3.19. The molecule has 0 spiro atoms. The fourth-order valence-electron chi connectivity index (χ4n) is 1.16. The number of aromatic nitrogens is 1. The number of halogens is 1. The zero-order valence-electron chi connectivity index (χ0n) is 6.62. The van der Waals surface area contributed by atoms with Gasteiger partial charge < -0.3 is 4.42 Å². The highest BCUT2D eigenvalue weighted by Crippen LogP contribution is 2.30. The van der Waals surface area contributed by atoms with Crippen LogP contribution in [0.2, 0.25) is 0 Å². The summed E-state index contributed by atoms with van der Waals surface area (Å²) in [6.45, 7) is 0. The zero-order valence-corrected chi connectivity index (χ0v) is 8.21. The van der Waals surface area contributed by atoms with E-state index >= 15 is 0 Å². The van der Waals surface area contributed by atoms with E-state index in [1.54, 1.807) is 12.4 Å². The third kappa shape index (κ3) is 1.31. The lowest BCUT2D eigenvalue weighted by Gasteiger charge is -1.85. The molecule has 0 saturated heterocycles. The molecule has 0 aliphatic rings. The molecule has 2 heterocycles. The summed E-state index contributed by atoms with van der Waals surface area (Å²) in [7, 11) is 0. The van der Waals surface area contributed by atoms with Crippen molar-refractivity contribution in [1.29, 1.82) is 5.26 Å². The van der Waals surface area contributed by atoms with Crippen LogP contribution in [0.15, 0.2) is 27.3 Å². The molecule has 2 rings (SSSR count). The van der Waals surface area contributed by atoms with E-state index in [4.69, 9.17) is 9.68 Å². The van der Waals surface area contributed by atoms with Crippen LogP contribution in [0.25, 0.3) is 11.0 Å². The van der Waals surface area contributed by atoms with Gasteiger partial charge in [-0.05, 0) is 22.0 Å². The largest absolute Gasteiger partial charge is 0.457 e. The Morgan fingerprint density at radius 1 is 1.62 bits per heavy atom. The summed E-state index contributed by atoms with van der Waals surface area (Å²) in [6, 6.07) is 3.89. The molecule has 0 atom stereocenters. The lowest BCUT2D eigenvalue weighted by atomic mass is 10.3. The first kappa shape index (κ1) is 8.27. The molecule has 0 aromatic carbocycles. The second-order valence-electron chi connectivity index (χ2n) is 2.55. The van der Waals surface area contributed by atoms with Crippen molar-refractivity contribution in [3.63, 3.8) is 0 Å². The third-order valence-electron chi connectivity index (χ3n) is 1.74. The summed E-state index contributed by atoms with van der Waals surface area (Å²) >= 11 is 3.38. The molecule has 4 heteroatoms. The van der Waals surface area contributed by atoms with Gasteiger partial charge in [0.15, 0.2) is 5.58 Å². The molecule has 0 bridgehead atoms. The van der Waals surface area contributed by atoms with E-state index in [1.807, 2.05) is 12.1 Å². The van der Waals surface area contributed by atoms with E-state index in [0.29, 0.717) is 11.3 Å². The Balaban J connectivity index is 2.68. The Morgan fingerprint density at radius 2 is 2.46 bits per heavy atom. The van der Waals surface area contributed by atoms with Crippen LogP contribution in [0.3, 0.4) is 0 Å². The van der Waals surface area contributed by atoms with E-state index in [1.165, 1.54) is 0 Å². The van der Waals surface area contributed by atoms with E-state index < -0.39 is 0 Å². The number of hydrogen-bond donors (Lipinski definition) is 0. The van der Waals surface area contributed by atoms with Crippen LogP contribution >= 0.6 is 15.9 Å². The van der Waals surface area contributed by atoms with Crippen LogP contribution in [0, 0.1) is 11.3 Å². The smallest absolute Gasteiger partial charge is 0.153 e. The summed E-state index contributed by atoms with van der Waals surface area (Å²) in [5.74, 6) is 0.658.